The standard InChI is InChI=1S/C11H21NO3/c1-12(7-2-5-11(13)14)8-6-10-4-3-9-15-10/h10H,2-9H2,1H3,(H,13,14). The Kier molecular flexibility index (Phi) is 5.65. The summed E-state index contributed by atoms with van der Waals surface area (Å²) in [5.41, 5.74) is 0. The Morgan fingerprint density at radius 3 is 2.93 bits per heavy atom. The summed E-state index contributed by atoms with van der Waals surface area (Å²) in [5.74, 6) is -0.706. The topological polar surface area (TPSA) is 49.8 Å². The minimum Gasteiger partial charge on any atom is -0.481 e. The number of ether oxygens (including phenoxy) is 1. The Balaban J connectivity index is 1.97. The van der Waals surface area contributed by atoms with Gasteiger partial charge in [-0.25, -0.2) is 0 Å². The van der Waals surface area contributed by atoms with Crippen molar-refractivity contribution >= 4 is 5.97 Å². The molecular weight excluding hydrogens is 194 g/mol. The molecule has 88 valence electrons. The lowest BCUT2D eigenvalue weighted by Crippen LogP contribution is -2.24. The third-order valence-electron chi connectivity index (χ3n) is 2.79. The van der Waals surface area contributed by atoms with Crippen LogP contribution in [0.5, 0.6) is 0 Å². The summed E-state index contributed by atoms with van der Waals surface area (Å²) in [6, 6.07) is 0. The number of rotatable bonds is 7. The third-order valence-corrected chi connectivity index (χ3v) is 2.79. The zero-order chi connectivity index (χ0) is 11.1. The molecule has 0 bridgehead atoms. The Morgan fingerprint density at radius 1 is 1.53 bits per heavy atom. The molecule has 0 aliphatic carbocycles. The average Bonchev–Trinajstić information content (AvgIpc) is 2.66. The van der Waals surface area contributed by atoms with Crippen molar-refractivity contribution < 1.29 is 14.6 Å². The van der Waals surface area contributed by atoms with Gasteiger partial charge >= 0.3 is 5.97 Å². The summed E-state index contributed by atoms with van der Waals surface area (Å²) in [6.07, 6.45) is 4.88. The van der Waals surface area contributed by atoms with Crippen LogP contribution in [0.3, 0.4) is 0 Å². The first-order valence-electron chi connectivity index (χ1n) is 5.70. The highest BCUT2D eigenvalue weighted by Gasteiger charge is 2.15. The molecule has 0 aromatic rings. The van der Waals surface area contributed by atoms with E-state index in [-0.39, 0.29) is 6.42 Å². The fourth-order valence-corrected chi connectivity index (χ4v) is 1.85. The molecule has 0 radical (unpaired) electrons. The van der Waals surface area contributed by atoms with E-state index in [1.54, 1.807) is 0 Å². The molecule has 0 amide bonds. The maximum atomic E-state index is 10.3. The Morgan fingerprint density at radius 2 is 2.33 bits per heavy atom. The van der Waals surface area contributed by atoms with E-state index in [0.29, 0.717) is 6.10 Å². The van der Waals surface area contributed by atoms with E-state index in [2.05, 4.69) is 4.90 Å². The van der Waals surface area contributed by atoms with Crippen LogP contribution in [0.15, 0.2) is 0 Å². The van der Waals surface area contributed by atoms with Gasteiger partial charge in [0, 0.05) is 19.6 Å². The van der Waals surface area contributed by atoms with Crippen LogP contribution in [0.4, 0.5) is 0 Å². The molecule has 1 rings (SSSR count). The quantitative estimate of drug-likeness (QED) is 0.696. The second-order valence-electron chi connectivity index (χ2n) is 4.22. The Hall–Kier alpha value is -0.610. The maximum Gasteiger partial charge on any atom is 0.303 e. The second-order valence-corrected chi connectivity index (χ2v) is 4.22. The first-order valence-corrected chi connectivity index (χ1v) is 5.70. The second kappa shape index (κ2) is 6.80. The average molecular weight is 215 g/mol. The Labute approximate surface area is 91.2 Å². The van der Waals surface area contributed by atoms with E-state index in [0.717, 1.165) is 32.5 Å². The van der Waals surface area contributed by atoms with Crippen LogP contribution in [0.25, 0.3) is 0 Å². The lowest BCUT2D eigenvalue weighted by Gasteiger charge is -2.18. The van der Waals surface area contributed by atoms with E-state index < -0.39 is 5.97 Å². The SMILES string of the molecule is CN(CCCC(=O)O)CCC1CCCO1. The maximum absolute atomic E-state index is 10.3. The fraction of sp³-hybridized carbons (Fsp3) is 0.909. The van der Waals surface area contributed by atoms with Crippen molar-refractivity contribution in [1.82, 2.24) is 4.90 Å². The number of hydrogen-bond donors (Lipinski definition) is 1. The van der Waals surface area contributed by atoms with Gasteiger partial charge in [0.1, 0.15) is 0 Å². The van der Waals surface area contributed by atoms with E-state index in [9.17, 15) is 4.79 Å². The number of carboxylic acid groups (broad SMARTS) is 1. The molecule has 1 unspecified atom stereocenters. The molecule has 1 aliphatic heterocycles. The molecular formula is C11H21NO3. The van der Waals surface area contributed by atoms with E-state index >= 15 is 0 Å². The zero-order valence-electron chi connectivity index (χ0n) is 9.45. The molecule has 0 saturated carbocycles. The summed E-state index contributed by atoms with van der Waals surface area (Å²) in [7, 11) is 2.04. The van der Waals surface area contributed by atoms with Crippen LogP contribution in [-0.4, -0.2) is 48.8 Å². The fourth-order valence-electron chi connectivity index (χ4n) is 1.85. The van der Waals surface area contributed by atoms with Gasteiger partial charge < -0.3 is 14.7 Å². The molecule has 15 heavy (non-hydrogen) atoms. The number of carboxylic acids is 1. The molecule has 1 N–H and O–H groups in total. The van der Waals surface area contributed by atoms with E-state index in [4.69, 9.17) is 9.84 Å². The molecule has 4 nitrogen and oxygen atoms in total. The van der Waals surface area contributed by atoms with Gasteiger partial charge in [0.05, 0.1) is 6.10 Å². The molecule has 0 spiro atoms. The summed E-state index contributed by atoms with van der Waals surface area (Å²) in [6.45, 7) is 2.77. The Bertz CT molecular complexity index is 190. The van der Waals surface area contributed by atoms with Crippen LogP contribution < -0.4 is 0 Å². The largest absolute Gasteiger partial charge is 0.481 e. The predicted octanol–water partition coefficient (Wildman–Crippen LogP) is 1.35. The zero-order valence-corrected chi connectivity index (χ0v) is 9.45. The molecule has 4 heteroatoms. The van der Waals surface area contributed by atoms with Crippen molar-refractivity contribution in [2.75, 3.05) is 26.7 Å². The van der Waals surface area contributed by atoms with Gasteiger partial charge in [0.15, 0.2) is 0 Å². The first kappa shape index (κ1) is 12.5. The monoisotopic (exact) mass is 215 g/mol. The summed E-state index contributed by atoms with van der Waals surface area (Å²) in [4.78, 5) is 12.5. The van der Waals surface area contributed by atoms with Crippen LogP contribution in [0, 0.1) is 0 Å². The smallest absolute Gasteiger partial charge is 0.303 e. The van der Waals surface area contributed by atoms with Gasteiger partial charge in [-0.2, -0.15) is 0 Å². The molecule has 1 saturated heterocycles. The van der Waals surface area contributed by atoms with Crippen molar-refractivity contribution in [3.63, 3.8) is 0 Å². The van der Waals surface area contributed by atoms with Crippen LogP contribution in [0.1, 0.15) is 32.1 Å². The highest BCUT2D eigenvalue weighted by Crippen LogP contribution is 2.15. The first-order chi connectivity index (χ1) is 7.18. The molecule has 1 atom stereocenters. The number of carbonyl (C=O) groups is 1. The highest BCUT2D eigenvalue weighted by atomic mass is 16.5. The summed E-state index contributed by atoms with van der Waals surface area (Å²) in [5, 5.41) is 8.49. The molecule has 0 aromatic carbocycles. The van der Waals surface area contributed by atoms with Crippen molar-refractivity contribution in [3.05, 3.63) is 0 Å². The normalized spacial score (nSPS) is 21.1. The van der Waals surface area contributed by atoms with Gasteiger partial charge in [-0.3, -0.25) is 4.79 Å². The summed E-state index contributed by atoms with van der Waals surface area (Å²) < 4.78 is 5.53. The van der Waals surface area contributed by atoms with Crippen LogP contribution in [-0.2, 0) is 9.53 Å². The van der Waals surface area contributed by atoms with Gasteiger partial charge in [-0.1, -0.05) is 0 Å². The minimum atomic E-state index is -0.706. The van der Waals surface area contributed by atoms with E-state index in [1.807, 2.05) is 7.05 Å². The lowest BCUT2D eigenvalue weighted by molar-refractivity contribution is -0.137. The van der Waals surface area contributed by atoms with Gasteiger partial charge in [0.2, 0.25) is 0 Å². The lowest BCUT2D eigenvalue weighted by atomic mass is 10.2. The predicted molar refractivity (Wildman–Crippen MR) is 58.0 cm³/mol. The van der Waals surface area contributed by atoms with Crippen LogP contribution >= 0.6 is 0 Å². The molecule has 1 fully saturated rings. The summed E-state index contributed by atoms with van der Waals surface area (Å²) >= 11 is 0. The molecule has 1 aliphatic rings. The number of hydrogen-bond acceptors (Lipinski definition) is 3. The third kappa shape index (κ3) is 5.74. The van der Waals surface area contributed by atoms with Crippen molar-refractivity contribution in [3.8, 4) is 0 Å². The number of nitrogens with zero attached hydrogens (tertiary/aromatic N) is 1. The van der Waals surface area contributed by atoms with E-state index in [1.165, 1.54) is 12.8 Å². The van der Waals surface area contributed by atoms with Gasteiger partial charge in [-0.15, -0.1) is 0 Å². The van der Waals surface area contributed by atoms with Crippen molar-refractivity contribution in [1.29, 1.82) is 0 Å². The van der Waals surface area contributed by atoms with Gasteiger partial charge in [-0.05, 0) is 39.3 Å². The molecule has 0 aromatic heterocycles. The van der Waals surface area contributed by atoms with Gasteiger partial charge in [0.25, 0.3) is 0 Å². The molecule has 1 heterocycles. The van der Waals surface area contributed by atoms with Crippen molar-refractivity contribution in [2.45, 2.75) is 38.2 Å². The number of aliphatic carboxylic acids is 1. The minimum absolute atomic E-state index is 0.268. The van der Waals surface area contributed by atoms with Crippen molar-refractivity contribution in [2.24, 2.45) is 0 Å². The van der Waals surface area contributed by atoms with Crippen LogP contribution in [0.2, 0.25) is 0 Å². The highest BCUT2D eigenvalue weighted by molar-refractivity contribution is 5.66.